The molecule has 20 heavy (non-hydrogen) atoms. The molecule has 0 aliphatic carbocycles. The summed E-state index contributed by atoms with van der Waals surface area (Å²) in [6.07, 6.45) is 2.07. The van der Waals surface area contributed by atoms with Crippen LogP contribution in [0.25, 0.3) is 11.1 Å². The SMILES string of the molecule is CNCc1ccc(Cl)cc1-c1cn(C)nc1C(C)(C)C. The summed E-state index contributed by atoms with van der Waals surface area (Å²) in [4.78, 5) is 0. The van der Waals surface area contributed by atoms with Gasteiger partial charge in [-0.05, 0) is 30.3 Å². The average molecular weight is 292 g/mol. The van der Waals surface area contributed by atoms with Gasteiger partial charge in [-0.1, -0.05) is 38.4 Å². The van der Waals surface area contributed by atoms with E-state index in [1.54, 1.807) is 0 Å². The molecular weight excluding hydrogens is 270 g/mol. The topological polar surface area (TPSA) is 29.9 Å². The molecule has 2 aromatic rings. The number of rotatable bonds is 3. The predicted molar refractivity (Wildman–Crippen MR) is 85.1 cm³/mol. The standard InChI is InChI=1S/C16H22ClN3/c1-16(2,3)15-14(10-20(5)19-15)13-8-12(17)7-6-11(13)9-18-4/h6-8,10,18H,9H2,1-5H3. The van der Waals surface area contributed by atoms with Crippen molar-refractivity contribution in [1.82, 2.24) is 15.1 Å². The molecule has 0 radical (unpaired) electrons. The number of aromatic nitrogens is 2. The Morgan fingerprint density at radius 1 is 1.25 bits per heavy atom. The number of benzene rings is 1. The van der Waals surface area contributed by atoms with Gasteiger partial charge in [0.05, 0.1) is 5.69 Å². The van der Waals surface area contributed by atoms with Crippen LogP contribution in [-0.4, -0.2) is 16.8 Å². The van der Waals surface area contributed by atoms with Gasteiger partial charge in [-0.2, -0.15) is 5.10 Å². The van der Waals surface area contributed by atoms with Crippen LogP contribution in [-0.2, 0) is 19.0 Å². The summed E-state index contributed by atoms with van der Waals surface area (Å²) in [5.41, 5.74) is 4.64. The van der Waals surface area contributed by atoms with Crippen molar-refractivity contribution in [3.05, 3.63) is 40.7 Å². The van der Waals surface area contributed by atoms with Gasteiger partial charge in [-0.15, -0.1) is 0 Å². The normalized spacial score (nSPS) is 11.9. The van der Waals surface area contributed by atoms with Gasteiger partial charge in [0.25, 0.3) is 0 Å². The van der Waals surface area contributed by atoms with E-state index in [9.17, 15) is 0 Å². The third kappa shape index (κ3) is 3.05. The monoisotopic (exact) mass is 291 g/mol. The van der Waals surface area contributed by atoms with Crippen molar-refractivity contribution in [3.8, 4) is 11.1 Å². The minimum Gasteiger partial charge on any atom is -0.316 e. The van der Waals surface area contributed by atoms with Gasteiger partial charge in [-0.25, -0.2) is 0 Å². The fourth-order valence-corrected chi connectivity index (χ4v) is 2.56. The summed E-state index contributed by atoms with van der Waals surface area (Å²) >= 11 is 6.19. The largest absolute Gasteiger partial charge is 0.316 e. The van der Waals surface area contributed by atoms with E-state index in [1.807, 2.05) is 30.9 Å². The molecule has 1 heterocycles. The summed E-state index contributed by atoms with van der Waals surface area (Å²) in [6.45, 7) is 7.36. The zero-order valence-corrected chi connectivity index (χ0v) is 13.5. The van der Waals surface area contributed by atoms with E-state index in [4.69, 9.17) is 11.6 Å². The van der Waals surface area contributed by atoms with Gasteiger partial charge < -0.3 is 5.32 Å². The zero-order valence-electron chi connectivity index (χ0n) is 12.8. The summed E-state index contributed by atoms with van der Waals surface area (Å²) in [5, 5.41) is 8.60. The zero-order chi connectivity index (χ0) is 14.9. The van der Waals surface area contributed by atoms with Crippen molar-refractivity contribution in [2.24, 2.45) is 7.05 Å². The molecule has 0 saturated carbocycles. The first-order chi connectivity index (χ1) is 9.32. The molecule has 0 aliphatic rings. The molecule has 0 spiro atoms. The lowest BCUT2D eigenvalue weighted by molar-refractivity contribution is 0.554. The molecular formula is C16H22ClN3. The number of nitrogens with one attached hydrogen (secondary N) is 1. The Balaban J connectivity index is 2.65. The molecule has 0 atom stereocenters. The molecule has 2 rings (SSSR count). The number of nitrogens with zero attached hydrogens (tertiary/aromatic N) is 2. The third-order valence-electron chi connectivity index (χ3n) is 3.27. The van der Waals surface area contributed by atoms with Crippen LogP contribution >= 0.6 is 11.6 Å². The van der Waals surface area contributed by atoms with Crippen LogP contribution in [0, 0.1) is 0 Å². The van der Waals surface area contributed by atoms with Gasteiger partial charge in [0, 0.05) is 35.8 Å². The summed E-state index contributed by atoms with van der Waals surface area (Å²) in [6, 6.07) is 6.04. The predicted octanol–water partition coefficient (Wildman–Crippen LogP) is 3.76. The molecule has 0 fully saturated rings. The molecule has 0 bridgehead atoms. The van der Waals surface area contributed by atoms with Crippen molar-refractivity contribution >= 4 is 11.6 Å². The second-order valence-corrected chi connectivity index (χ2v) is 6.58. The highest BCUT2D eigenvalue weighted by molar-refractivity contribution is 6.30. The molecule has 0 aliphatic heterocycles. The summed E-state index contributed by atoms with van der Waals surface area (Å²) < 4.78 is 1.87. The fraction of sp³-hybridized carbons (Fsp3) is 0.438. The number of aryl methyl sites for hydroxylation is 1. The number of hydrogen-bond acceptors (Lipinski definition) is 2. The first-order valence-corrected chi connectivity index (χ1v) is 7.18. The van der Waals surface area contributed by atoms with Gasteiger partial charge in [0.1, 0.15) is 0 Å². The average Bonchev–Trinajstić information content (AvgIpc) is 2.74. The Kier molecular flexibility index (Phi) is 4.21. The second kappa shape index (κ2) is 5.58. The maximum Gasteiger partial charge on any atom is 0.0756 e. The molecule has 3 nitrogen and oxygen atoms in total. The van der Waals surface area contributed by atoms with E-state index < -0.39 is 0 Å². The highest BCUT2D eigenvalue weighted by Crippen LogP contribution is 2.35. The molecule has 108 valence electrons. The molecule has 1 N–H and O–H groups in total. The highest BCUT2D eigenvalue weighted by Gasteiger charge is 2.24. The van der Waals surface area contributed by atoms with Crippen LogP contribution in [0.3, 0.4) is 0 Å². The summed E-state index contributed by atoms with van der Waals surface area (Å²) in [5.74, 6) is 0. The highest BCUT2D eigenvalue weighted by atomic mass is 35.5. The minimum absolute atomic E-state index is 0.00414. The van der Waals surface area contributed by atoms with Gasteiger partial charge in [0.15, 0.2) is 0 Å². The van der Waals surface area contributed by atoms with Crippen LogP contribution in [0.15, 0.2) is 24.4 Å². The summed E-state index contributed by atoms with van der Waals surface area (Å²) in [7, 11) is 3.91. The van der Waals surface area contributed by atoms with Crippen molar-refractivity contribution in [1.29, 1.82) is 0 Å². The van der Waals surface area contributed by atoms with Gasteiger partial charge in [0.2, 0.25) is 0 Å². The maximum atomic E-state index is 6.19. The van der Waals surface area contributed by atoms with Crippen molar-refractivity contribution < 1.29 is 0 Å². The van der Waals surface area contributed by atoms with E-state index in [-0.39, 0.29) is 5.41 Å². The van der Waals surface area contributed by atoms with Gasteiger partial charge in [-0.3, -0.25) is 4.68 Å². The smallest absolute Gasteiger partial charge is 0.0756 e. The van der Waals surface area contributed by atoms with Crippen molar-refractivity contribution in [3.63, 3.8) is 0 Å². The fourth-order valence-electron chi connectivity index (χ4n) is 2.38. The Labute approximate surface area is 126 Å². The third-order valence-corrected chi connectivity index (χ3v) is 3.50. The molecule has 0 amide bonds. The minimum atomic E-state index is -0.00414. The number of hydrogen-bond donors (Lipinski definition) is 1. The van der Waals surface area contributed by atoms with E-state index in [2.05, 4.69) is 43.4 Å². The molecule has 1 aromatic heterocycles. The van der Waals surface area contributed by atoms with Crippen LogP contribution in [0.5, 0.6) is 0 Å². The second-order valence-electron chi connectivity index (χ2n) is 6.15. The van der Waals surface area contributed by atoms with E-state index in [1.165, 1.54) is 5.56 Å². The van der Waals surface area contributed by atoms with E-state index in [0.717, 1.165) is 28.4 Å². The molecule has 0 saturated heterocycles. The first kappa shape index (κ1) is 15.1. The maximum absolute atomic E-state index is 6.19. The van der Waals surface area contributed by atoms with Crippen molar-refractivity contribution in [2.75, 3.05) is 7.05 Å². The molecule has 1 aromatic carbocycles. The Morgan fingerprint density at radius 3 is 2.55 bits per heavy atom. The van der Waals surface area contributed by atoms with Crippen LogP contribution in [0.1, 0.15) is 32.0 Å². The van der Waals surface area contributed by atoms with E-state index >= 15 is 0 Å². The lowest BCUT2D eigenvalue weighted by Gasteiger charge is -2.19. The van der Waals surface area contributed by atoms with Crippen LogP contribution < -0.4 is 5.32 Å². The van der Waals surface area contributed by atoms with Crippen LogP contribution in [0.2, 0.25) is 5.02 Å². The van der Waals surface area contributed by atoms with Gasteiger partial charge >= 0.3 is 0 Å². The Bertz CT molecular complexity index is 609. The Morgan fingerprint density at radius 2 is 1.95 bits per heavy atom. The Hall–Kier alpha value is -1.32. The quantitative estimate of drug-likeness (QED) is 0.933. The molecule has 0 unspecified atom stereocenters. The number of halogens is 1. The first-order valence-electron chi connectivity index (χ1n) is 6.80. The lowest BCUT2D eigenvalue weighted by Crippen LogP contribution is -2.14. The van der Waals surface area contributed by atoms with Crippen molar-refractivity contribution in [2.45, 2.75) is 32.7 Å². The lowest BCUT2D eigenvalue weighted by atomic mass is 9.86. The van der Waals surface area contributed by atoms with Crippen LogP contribution in [0.4, 0.5) is 0 Å². The molecule has 4 heteroatoms. The van der Waals surface area contributed by atoms with E-state index in [0.29, 0.717) is 0 Å².